The van der Waals surface area contributed by atoms with Crippen LogP contribution < -0.4 is 5.32 Å². The summed E-state index contributed by atoms with van der Waals surface area (Å²) in [5.74, 6) is 0.00114. The van der Waals surface area contributed by atoms with Crippen molar-refractivity contribution in [3.63, 3.8) is 0 Å². The fourth-order valence-electron chi connectivity index (χ4n) is 4.90. The molecule has 5 heteroatoms. The van der Waals surface area contributed by atoms with Crippen molar-refractivity contribution in [3.05, 3.63) is 29.8 Å². The van der Waals surface area contributed by atoms with Crippen LogP contribution in [-0.4, -0.2) is 35.0 Å². The lowest BCUT2D eigenvalue weighted by atomic mass is 9.35. The SMILES string of the molecule is CC1CCCN(Cc2ccc(NC(=O)C34CC(C(=O)O)(C3)C4)cc2)C1. The summed E-state index contributed by atoms with van der Waals surface area (Å²) in [6.45, 7) is 5.59. The maximum Gasteiger partial charge on any atom is 0.309 e. The molecule has 25 heavy (non-hydrogen) atoms. The van der Waals surface area contributed by atoms with Gasteiger partial charge in [-0.25, -0.2) is 0 Å². The number of rotatable bonds is 5. The normalized spacial score (nSPS) is 33.9. The average Bonchev–Trinajstić information content (AvgIpc) is 2.46. The lowest BCUT2D eigenvalue weighted by Crippen LogP contribution is -2.69. The monoisotopic (exact) mass is 342 g/mol. The van der Waals surface area contributed by atoms with Gasteiger partial charge in [-0.05, 0) is 62.3 Å². The van der Waals surface area contributed by atoms with E-state index in [1.165, 1.54) is 18.4 Å². The number of piperidine rings is 1. The van der Waals surface area contributed by atoms with Crippen LogP contribution in [0.2, 0.25) is 0 Å². The largest absolute Gasteiger partial charge is 0.481 e. The number of anilines is 1. The fourth-order valence-corrected chi connectivity index (χ4v) is 4.90. The number of hydrogen-bond acceptors (Lipinski definition) is 3. The summed E-state index contributed by atoms with van der Waals surface area (Å²) in [5, 5.41) is 12.1. The van der Waals surface area contributed by atoms with E-state index >= 15 is 0 Å². The second kappa shape index (κ2) is 5.84. The first kappa shape index (κ1) is 16.6. The highest BCUT2D eigenvalue weighted by molar-refractivity contribution is 6.00. The minimum absolute atomic E-state index is 0.0202. The van der Waals surface area contributed by atoms with Gasteiger partial charge in [0, 0.05) is 18.8 Å². The number of likely N-dealkylation sites (tertiary alicyclic amines) is 1. The molecule has 1 atom stereocenters. The molecular weight excluding hydrogens is 316 g/mol. The Labute approximate surface area is 148 Å². The van der Waals surface area contributed by atoms with E-state index < -0.39 is 16.8 Å². The van der Waals surface area contributed by atoms with Crippen LogP contribution in [0.15, 0.2) is 24.3 Å². The summed E-state index contributed by atoms with van der Waals surface area (Å²) in [4.78, 5) is 26.1. The molecule has 1 amide bonds. The van der Waals surface area contributed by atoms with Gasteiger partial charge in [0.1, 0.15) is 0 Å². The molecule has 0 spiro atoms. The molecule has 3 saturated carbocycles. The minimum Gasteiger partial charge on any atom is -0.481 e. The number of hydrogen-bond donors (Lipinski definition) is 2. The second-order valence-electron chi connectivity index (χ2n) is 8.53. The summed E-state index contributed by atoms with van der Waals surface area (Å²) in [6.07, 6.45) is 4.08. The van der Waals surface area contributed by atoms with Crippen molar-refractivity contribution in [1.82, 2.24) is 4.90 Å². The predicted molar refractivity (Wildman–Crippen MR) is 95.1 cm³/mol. The van der Waals surface area contributed by atoms with Crippen molar-refractivity contribution < 1.29 is 14.7 Å². The van der Waals surface area contributed by atoms with Gasteiger partial charge in [0.2, 0.25) is 5.91 Å². The van der Waals surface area contributed by atoms with Gasteiger partial charge in [-0.15, -0.1) is 0 Å². The molecule has 2 N–H and O–H groups in total. The molecule has 2 bridgehead atoms. The van der Waals surface area contributed by atoms with E-state index in [2.05, 4.69) is 29.3 Å². The number of carboxylic acid groups (broad SMARTS) is 1. The summed E-state index contributed by atoms with van der Waals surface area (Å²) in [7, 11) is 0. The molecule has 134 valence electrons. The van der Waals surface area contributed by atoms with Crippen LogP contribution in [0.3, 0.4) is 0 Å². The summed E-state index contributed by atoms with van der Waals surface area (Å²) < 4.78 is 0. The van der Waals surface area contributed by atoms with E-state index in [0.717, 1.165) is 31.2 Å². The van der Waals surface area contributed by atoms with Gasteiger partial charge in [0.15, 0.2) is 0 Å². The van der Waals surface area contributed by atoms with Crippen LogP contribution >= 0.6 is 0 Å². The topological polar surface area (TPSA) is 69.6 Å². The molecule has 4 aliphatic rings. The smallest absolute Gasteiger partial charge is 0.309 e. The Hall–Kier alpha value is -1.88. The second-order valence-corrected chi connectivity index (χ2v) is 8.53. The quantitative estimate of drug-likeness (QED) is 0.863. The van der Waals surface area contributed by atoms with Crippen molar-refractivity contribution in [2.24, 2.45) is 16.7 Å². The van der Waals surface area contributed by atoms with Crippen molar-refractivity contribution in [2.45, 2.75) is 45.6 Å². The van der Waals surface area contributed by atoms with Crippen LogP contribution in [0, 0.1) is 16.7 Å². The number of nitrogens with zero attached hydrogens (tertiary/aromatic N) is 1. The maximum absolute atomic E-state index is 12.4. The van der Waals surface area contributed by atoms with Crippen LogP contribution in [0.4, 0.5) is 5.69 Å². The lowest BCUT2D eigenvalue weighted by Gasteiger charge is -2.66. The first-order chi connectivity index (χ1) is 11.9. The first-order valence-electron chi connectivity index (χ1n) is 9.27. The van der Waals surface area contributed by atoms with Crippen LogP contribution in [0.5, 0.6) is 0 Å². The molecule has 1 unspecified atom stereocenters. The molecule has 4 fully saturated rings. The Kier molecular flexibility index (Phi) is 3.87. The summed E-state index contributed by atoms with van der Waals surface area (Å²) in [5.41, 5.74) is 1.03. The number of nitrogens with one attached hydrogen (secondary N) is 1. The molecular formula is C20H26N2O3. The summed E-state index contributed by atoms with van der Waals surface area (Å²) in [6, 6.07) is 8.07. The maximum atomic E-state index is 12.4. The zero-order chi connectivity index (χ0) is 17.7. The standard InChI is InChI=1S/C20H26N2O3/c1-14-3-2-8-22(9-14)10-15-4-6-16(7-5-15)21-17(23)19-11-20(12-19,13-19)18(24)25/h4-7,14H,2-3,8-13H2,1H3,(H,21,23)(H,24,25). The highest BCUT2D eigenvalue weighted by atomic mass is 16.4. The number of benzene rings is 1. The van der Waals surface area contributed by atoms with Gasteiger partial charge in [-0.1, -0.05) is 19.1 Å². The molecule has 1 aromatic carbocycles. The average molecular weight is 342 g/mol. The molecule has 1 saturated heterocycles. The number of carbonyl (C=O) groups excluding carboxylic acids is 1. The Morgan fingerprint density at radius 2 is 1.88 bits per heavy atom. The van der Waals surface area contributed by atoms with Gasteiger partial charge >= 0.3 is 5.97 Å². The van der Waals surface area contributed by atoms with E-state index in [1.54, 1.807) is 0 Å². The lowest BCUT2D eigenvalue weighted by molar-refractivity contribution is -0.217. The molecule has 5 nitrogen and oxygen atoms in total. The number of carbonyl (C=O) groups is 2. The van der Waals surface area contributed by atoms with Crippen molar-refractivity contribution in [3.8, 4) is 0 Å². The Bertz CT molecular complexity index is 678. The summed E-state index contributed by atoms with van der Waals surface area (Å²) >= 11 is 0. The number of aliphatic carboxylic acids is 1. The van der Waals surface area contributed by atoms with Gasteiger partial charge in [0.25, 0.3) is 0 Å². The molecule has 3 aliphatic carbocycles. The molecule has 1 heterocycles. The van der Waals surface area contributed by atoms with Gasteiger partial charge in [-0.2, -0.15) is 0 Å². The van der Waals surface area contributed by atoms with E-state index in [1.807, 2.05) is 12.1 Å². The molecule has 0 radical (unpaired) electrons. The Morgan fingerprint density at radius 3 is 2.48 bits per heavy atom. The van der Waals surface area contributed by atoms with Crippen LogP contribution in [-0.2, 0) is 16.1 Å². The highest BCUT2D eigenvalue weighted by Gasteiger charge is 2.75. The highest BCUT2D eigenvalue weighted by Crippen LogP contribution is 2.73. The third-order valence-electron chi connectivity index (χ3n) is 6.32. The minimum atomic E-state index is -0.751. The Balaban J connectivity index is 1.31. The third-order valence-corrected chi connectivity index (χ3v) is 6.32. The molecule has 1 aliphatic heterocycles. The van der Waals surface area contributed by atoms with Crippen LogP contribution in [0.1, 0.15) is 44.6 Å². The van der Waals surface area contributed by atoms with E-state index in [-0.39, 0.29) is 5.91 Å². The van der Waals surface area contributed by atoms with Gasteiger partial charge in [0.05, 0.1) is 10.8 Å². The van der Waals surface area contributed by atoms with E-state index in [0.29, 0.717) is 19.3 Å². The van der Waals surface area contributed by atoms with Crippen molar-refractivity contribution >= 4 is 17.6 Å². The zero-order valence-corrected chi connectivity index (χ0v) is 14.8. The van der Waals surface area contributed by atoms with E-state index in [4.69, 9.17) is 5.11 Å². The van der Waals surface area contributed by atoms with Crippen molar-refractivity contribution in [1.29, 1.82) is 0 Å². The fraction of sp³-hybridized carbons (Fsp3) is 0.600. The zero-order valence-electron chi connectivity index (χ0n) is 14.8. The number of amides is 1. The Morgan fingerprint density at radius 1 is 1.20 bits per heavy atom. The van der Waals surface area contributed by atoms with Crippen LogP contribution in [0.25, 0.3) is 0 Å². The molecule has 1 aromatic rings. The predicted octanol–water partition coefficient (Wildman–Crippen LogP) is 3.11. The third kappa shape index (κ3) is 2.84. The molecule has 5 rings (SSSR count). The van der Waals surface area contributed by atoms with E-state index in [9.17, 15) is 9.59 Å². The number of carboxylic acids is 1. The molecule has 0 aromatic heterocycles. The van der Waals surface area contributed by atoms with Gasteiger partial charge in [-0.3, -0.25) is 14.5 Å². The van der Waals surface area contributed by atoms with Gasteiger partial charge < -0.3 is 10.4 Å². The van der Waals surface area contributed by atoms with Crippen molar-refractivity contribution in [2.75, 3.05) is 18.4 Å². The first-order valence-corrected chi connectivity index (χ1v) is 9.27.